The molecule has 0 amide bonds. The molecule has 1 atom stereocenters. The maximum absolute atomic E-state index is 11.7. The lowest BCUT2D eigenvalue weighted by molar-refractivity contribution is -0.115. The Hall–Kier alpha value is -0.590. The van der Waals surface area contributed by atoms with Crippen LogP contribution in [0.25, 0.3) is 0 Å². The van der Waals surface area contributed by atoms with Crippen molar-refractivity contribution in [3.8, 4) is 0 Å². The maximum Gasteiger partial charge on any atom is 0.159 e. The first-order valence-corrected chi connectivity index (χ1v) is 5.34. The molecule has 0 fully saturated rings. The van der Waals surface area contributed by atoms with Gasteiger partial charge in [0.05, 0.1) is 0 Å². The first kappa shape index (κ1) is 10.5. The van der Waals surface area contributed by atoms with Gasteiger partial charge in [-0.2, -0.15) is 0 Å². The molecule has 74 valence electrons. The van der Waals surface area contributed by atoms with E-state index in [1.807, 2.05) is 0 Å². The summed E-state index contributed by atoms with van der Waals surface area (Å²) < 4.78 is 0. The van der Waals surface area contributed by atoms with Crippen molar-refractivity contribution in [3.63, 3.8) is 0 Å². The Balaban J connectivity index is 2.95. The predicted octanol–water partition coefficient (Wildman–Crippen LogP) is 3.35. The highest BCUT2D eigenvalue weighted by Crippen LogP contribution is 2.35. The second-order valence-electron chi connectivity index (χ2n) is 4.37. The summed E-state index contributed by atoms with van der Waals surface area (Å²) in [5.41, 5.74) is 2.57. The van der Waals surface area contributed by atoms with Gasteiger partial charge >= 0.3 is 0 Å². The zero-order valence-electron chi connectivity index (χ0n) is 9.18. The van der Waals surface area contributed by atoms with Crippen molar-refractivity contribution in [2.75, 3.05) is 0 Å². The zero-order chi connectivity index (χ0) is 10.0. The van der Waals surface area contributed by atoms with E-state index in [-0.39, 0.29) is 0 Å². The van der Waals surface area contributed by atoms with Crippen molar-refractivity contribution < 1.29 is 4.79 Å². The highest BCUT2D eigenvalue weighted by molar-refractivity contribution is 5.99. The Morgan fingerprint density at radius 3 is 2.54 bits per heavy atom. The van der Waals surface area contributed by atoms with Gasteiger partial charge in [0.25, 0.3) is 0 Å². The Kier molecular flexibility index (Phi) is 3.29. The molecule has 0 bridgehead atoms. The average Bonchev–Trinajstić information content (AvgIpc) is 2.27. The van der Waals surface area contributed by atoms with Gasteiger partial charge in [0.15, 0.2) is 5.78 Å². The zero-order valence-corrected chi connectivity index (χ0v) is 9.18. The minimum atomic E-state index is 0.394. The summed E-state index contributed by atoms with van der Waals surface area (Å²) in [4.78, 5) is 11.7. The summed E-state index contributed by atoms with van der Waals surface area (Å²) in [6, 6.07) is 0. The quantitative estimate of drug-likeness (QED) is 0.651. The van der Waals surface area contributed by atoms with Crippen LogP contribution in [-0.4, -0.2) is 5.78 Å². The second-order valence-corrected chi connectivity index (χ2v) is 4.37. The maximum atomic E-state index is 11.7. The molecule has 0 saturated heterocycles. The largest absolute Gasteiger partial charge is 0.295 e. The summed E-state index contributed by atoms with van der Waals surface area (Å²) in [7, 11) is 0. The fraction of sp³-hybridized carbons (Fsp3) is 0.750. The third-order valence-corrected chi connectivity index (χ3v) is 2.83. The van der Waals surface area contributed by atoms with Crippen LogP contribution in [0.4, 0.5) is 0 Å². The van der Waals surface area contributed by atoms with E-state index in [1.54, 1.807) is 0 Å². The fourth-order valence-electron chi connectivity index (χ4n) is 2.30. The molecular weight excluding hydrogens is 160 g/mol. The monoisotopic (exact) mass is 180 g/mol. The third kappa shape index (κ3) is 2.01. The molecule has 1 rings (SSSR count). The van der Waals surface area contributed by atoms with Crippen LogP contribution in [0.1, 0.15) is 47.0 Å². The Morgan fingerprint density at radius 2 is 2.08 bits per heavy atom. The smallest absolute Gasteiger partial charge is 0.159 e. The molecule has 0 radical (unpaired) electrons. The van der Waals surface area contributed by atoms with Gasteiger partial charge in [-0.1, -0.05) is 39.7 Å². The van der Waals surface area contributed by atoms with E-state index in [2.05, 4.69) is 27.7 Å². The lowest BCUT2D eigenvalue weighted by atomic mass is 9.94. The van der Waals surface area contributed by atoms with Gasteiger partial charge in [0, 0.05) is 6.42 Å². The number of hydrogen-bond donors (Lipinski definition) is 0. The van der Waals surface area contributed by atoms with Crippen molar-refractivity contribution in [1.29, 1.82) is 0 Å². The summed E-state index contributed by atoms with van der Waals surface area (Å²) in [6.45, 7) is 8.61. The summed E-state index contributed by atoms with van der Waals surface area (Å²) in [5.74, 6) is 1.31. The third-order valence-electron chi connectivity index (χ3n) is 2.83. The van der Waals surface area contributed by atoms with Crippen LogP contribution >= 0.6 is 0 Å². The minimum Gasteiger partial charge on any atom is -0.295 e. The number of carbonyl (C=O) groups is 1. The molecular formula is C12H20O. The minimum absolute atomic E-state index is 0.394. The first-order chi connectivity index (χ1) is 6.07. The molecule has 0 saturated carbocycles. The molecule has 1 aliphatic carbocycles. The predicted molar refractivity (Wildman–Crippen MR) is 55.6 cm³/mol. The van der Waals surface area contributed by atoms with Crippen LogP contribution in [-0.2, 0) is 4.79 Å². The van der Waals surface area contributed by atoms with Gasteiger partial charge < -0.3 is 0 Å². The van der Waals surface area contributed by atoms with Gasteiger partial charge in [-0.15, -0.1) is 0 Å². The standard InChI is InChI=1S/C12H20O/c1-5-6-10-9(4)7-11(13)12(10)8(2)3/h8-9H,5-7H2,1-4H3. The molecule has 1 unspecified atom stereocenters. The van der Waals surface area contributed by atoms with E-state index in [9.17, 15) is 4.79 Å². The van der Waals surface area contributed by atoms with Gasteiger partial charge in [-0.05, 0) is 23.8 Å². The number of allylic oxidation sites excluding steroid dienone is 2. The van der Waals surface area contributed by atoms with Crippen molar-refractivity contribution >= 4 is 5.78 Å². The van der Waals surface area contributed by atoms with Crippen LogP contribution < -0.4 is 0 Å². The highest BCUT2D eigenvalue weighted by Gasteiger charge is 2.29. The van der Waals surface area contributed by atoms with E-state index in [1.165, 1.54) is 5.57 Å². The van der Waals surface area contributed by atoms with E-state index < -0.39 is 0 Å². The van der Waals surface area contributed by atoms with Crippen LogP contribution in [0.2, 0.25) is 0 Å². The van der Waals surface area contributed by atoms with Crippen LogP contribution in [0.5, 0.6) is 0 Å². The second kappa shape index (κ2) is 4.08. The van der Waals surface area contributed by atoms with Gasteiger partial charge in [0.2, 0.25) is 0 Å². The average molecular weight is 180 g/mol. The normalized spacial score (nSPS) is 23.5. The summed E-state index contributed by atoms with van der Waals surface area (Å²) in [6.07, 6.45) is 3.02. The number of carbonyl (C=O) groups excluding carboxylic acids is 1. The van der Waals surface area contributed by atoms with E-state index in [4.69, 9.17) is 0 Å². The van der Waals surface area contributed by atoms with Gasteiger partial charge in [-0.3, -0.25) is 4.79 Å². The van der Waals surface area contributed by atoms with E-state index in [0.717, 1.165) is 24.8 Å². The lowest BCUT2D eigenvalue weighted by Gasteiger charge is -2.11. The lowest BCUT2D eigenvalue weighted by Crippen LogP contribution is -2.03. The molecule has 1 nitrogen and oxygen atoms in total. The Bertz CT molecular complexity index is 236. The first-order valence-electron chi connectivity index (χ1n) is 5.34. The van der Waals surface area contributed by atoms with Crippen molar-refractivity contribution in [2.24, 2.45) is 11.8 Å². The molecule has 0 N–H and O–H groups in total. The summed E-state index contributed by atoms with van der Waals surface area (Å²) >= 11 is 0. The van der Waals surface area contributed by atoms with Gasteiger partial charge in [-0.25, -0.2) is 0 Å². The molecule has 0 aromatic carbocycles. The molecule has 1 aliphatic rings. The molecule has 0 aliphatic heterocycles. The number of rotatable bonds is 3. The fourth-order valence-corrected chi connectivity index (χ4v) is 2.30. The van der Waals surface area contributed by atoms with Crippen molar-refractivity contribution in [1.82, 2.24) is 0 Å². The molecule has 13 heavy (non-hydrogen) atoms. The molecule has 0 aromatic heterocycles. The van der Waals surface area contributed by atoms with Crippen LogP contribution in [0.15, 0.2) is 11.1 Å². The molecule has 0 aromatic rings. The Labute approximate surface area is 81.2 Å². The van der Waals surface area contributed by atoms with Crippen molar-refractivity contribution in [2.45, 2.75) is 47.0 Å². The van der Waals surface area contributed by atoms with Gasteiger partial charge in [0.1, 0.15) is 0 Å². The molecule has 1 heteroatoms. The highest BCUT2D eigenvalue weighted by atomic mass is 16.1. The van der Waals surface area contributed by atoms with E-state index in [0.29, 0.717) is 17.6 Å². The number of Topliss-reactive ketones (excluding diaryl/α,β-unsaturated/α-hetero) is 1. The topological polar surface area (TPSA) is 17.1 Å². The summed E-state index contributed by atoms with van der Waals surface area (Å²) in [5, 5.41) is 0. The van der Waals surface area contributed by atoms with Crippen molar-refractivity contribution in [3.05, 3.63) is 11.1 Å². The number of hydrogen-bond acceptors (Lipinski definition) is 1. The molecule has 0 spiro atoms. The number of ketones is 1. The SMILES string of the molecule is CCCC1=C(C(C)C)C(=O)CC1C. The molecule has 0 heterocycles. The van der Waals surface area contributed by atoms with Crippen LogP contribution in [0, 0.1) is 11.8 Å². The van der Waals surface area contributed by atoms with Crippen LogP contribution in [0.3, 0.4) is 0 Å². The van der Waals surface area contributed by atoms with E-state index >= 15 is 0 Å². The Morgan fingerprint density at radius 1 is 1.46 bits per heavy atom.